The highest BCUT2D eigenvalue weighted by molar-refractivity contribution is 7.13. The number of nitrogens with one attached hydrogen (secondary N) is 2. The predicted molar refractivity (Wildman–Crippen MR) is 71.6 cm³/mol. The number of rotatable bonds is 7. The number of carbonyl (C=O) groups excluding carboxylic acids is 1. The molecule has 1 unspecified atom stereocenters. The van der Waals surface area contributed by atoms with Gasteiger partial charge in [-0.2, -0.15) is 0 Å². The van der Waals surface area contributed by atoms with Crippen LogP contribution >= 0.6 is 11.3 Å². The molecule has 1 aliphatic rings. The number of methoxy groups -OCH3 is 1. The van der Waals surface area contributed by atoms with Gasteiger partial charge in [-0.05, 0) is 18.8 Å². The molecule has 1 saturated carbocycles. The van der Waals surface area contributed by atoms with E-state index in [0.717, 1.165) is 24.8 Å². The molecule has 2 N–H and O–H groups in total. The van der Waals surface area contributed by atoms with Crippen LogP contribution in [0.1, 0.15) is 25.5 Å². The first-order valence-corrected chi connectivity index (χ1v) is 7.01. The highest BCUT2D eigenvalue weighted by Crippen LogP contribution is 2.32. The largest absolute Gasteiger partial charge is 0.383 e. The first-order valence-electron chi connectivity index (χ1n) is 6.13. The van der Waals surface area contributed by atoms with Crippen LogP contribution in [0, 0.1) is 5.92 Å². The van der Waals surface area contributed by atoms with Gasteiger partial charge in [-0.3, -0.25) is 4.79 Å². The number of ether oxygens (including phenoxy) is 1. The lowest BCUT2D eigenvalue weighted by molar-refractivity contribution is -0.114. The van der Waals surface area contributed by atoms with Gasteiger partial charge in [0.25, 0.3) is 0 Å². The third kappa shape index (κ3) is 4.04. The van der Waals surface area contributed by atoms with Gasteiger partial charge in [-0.15, -0.1) is 11.3 Å². The Morgan fingerprint density at radius 1 is 1.67 bits per heavy atom. The smallest absolute Gasteiger partial charge is 0.223 e. The number of thiazole rings is 1. The molecule has 0 aromatic carbocycles. The Labute approximate surface area is 111 Å². The van der Waals surface area contributed by atoms with E-state index in [1.54, 1.807) is 7.11 Å². The Bertz CT molecular complexity index is 404. The molecular formula is C12H19N3O2S. The average molecular weight is 269 g/mol. The van der Waals surface area contributed by atoms with E-state index in [-0.39, 0.29) is 5.91 Å². The van der Waals surface area contributed by atoms with Gasteiger partial charge in [0.15, 0.2) is 5.13 Å². The minimum Gasteiger partial charge on any atom is -0.383 e. The maximum atomic E-state index is 10.9. The normalized spacial score (nSPS) is 16.6. The van der Waals surface area contributed by atoms with Gasteiger partial charge in [-0.25, -0.2) is 4.98 Å². The van der Waals surface area contributed by atoms with Crippen molar-refractivity contribution in [3.05, 3.63) is 11.1 Å². The molecule has 0 saturated heterocycles. The number of nitrogens with zero attached hydrogens (tertiary/aromatic N) is 1. The molecule has 0 aliphatic heterocycles. The summed E-state index contributed by atoms with van der Waals surface area (Å²) >= 11 is 1.45. The molecule has 5 nitrogen and oxygen atoms in total. The maximum Gasteiger partial charge on any atom is 0.223 e. The number of aromatic nitrogens is 1. The molecule has 0 bridgehead atoms. The highest BCUT2D eigenvalue weighted by Gasteiger charge is 2.30. The van der Waals surface area contributed by atoms with Gasteiger partial charge in [0.2, 0.25) is 5.91 Å². The van der Waals surface area contributed by atoms with Crippen molar-refractivity contribution >= 4 is 22.4 Å². The van der Waals surface area contributed by atoms with Gasteiger partial charge >= 0.3 is 0 Å². The van der Waals surface area contributed by atoms with Gasteiger partial charge in [0.1, 0.15) is 0 Å². The molecule has 1 heterocycles. The van der Waals surface area contributed by atoms with E-state index >= 15 is 0 Å². The first-order chi connectivity index (χ1) is 8.69. The predicted octanol–water partition coefficient (Wildman–Crippen LogP) is 1.62. The van der Waals surface area contributed by atoms with Gasteiger partial charge in [0, 0.05) is 32.0 Å². The third-order valence-corrected chi connectivity index (χ3v) is 3.72. The molecule has 0 spiro atoms. The molecule has 1 atom stereocenters. The van der Waals surface area contributed by atoms with Crippen LogP contribution in [0.25, 0.3) is 0 Å². The van der Waals surface area contributed by atoms with Crippen molar-refractivity contribution < 1.29 is 9.53 Å². The summed E-state index contributed by atoms with van der Waals surface area (Å²) in [7, 11) is 1.73. The van der Waals surface area contributed by atoms with E-state index in [1.807, 2.05) is 5.38 Å². The Morgan fingerprint density at radius 2 is 2.44 bits per heavy atom. The maximum absolute atomic E-state index is 10.9. The molecule has 2 rings (SSSR count). The Hall–Kier alpha value is -0.980. The second-order valence-electron chi connectivity index (χ2n) is 4.61. The average Bonchev–Trinajstić information content (AvgIpc) is 3.06. The van der Waals surface area contributed by atoms with Crippen LogP contribution in [0.2, 0.25) is 0 Å². The van der Waals surface area contributed by atoms with Crippen molar-refractivity contribution in [3.63, 3.8) is 0 Å². The van der Waals surface area contributed by atoms with E-state index in [2.05, 4.69) is 15.6 Å². The molecule has 1 aliphatic carbocycles. The van der Waals surface area contributed by atoms with Gasteiger partial charge in [-0.1, -0.05) is 0 Å². The molecule has 0 radical (unpaired) electrons. The zero-order valence-electron chi connectivity index (χ0n) is 10.7. The van der Waals surface area contributed by atoms with E-state index in [1.165, 1.54) is 31.1 Å². The lowest BCUT2D eigenvalue weighted by atomic mass is 10.2. The van der Waals surface area contributed by atoms with E-state index in [9.17, 15) is 4.79 Å². The fourth-order valence-corrected chi connectivity index (χ4v) is 2.63. The first kappa shape index (κ1) is 13.5. The Kier molecular flexibility index (Phi) is 4.68. The third-order valence-electron chi connectivity index (χ3n) is 2.92. The Morgan fingerprint density at radius 3 is 3.06 bits per heavy atom. The van der Waals surface area contributed by atoms with Crippen molar-refractivity contribution in [2.24, 2.45) is 5.92 Å². The molecular weight excluding hydrogens is 250 g/mol. The summed E-state index contributed by atoms with van der Waals surface area (Å²) in [6.45, 7) is 2.95. The van der Waals surface area contributed by atoms with Crippen LogP contribution < -0.4 is 10.6 Å². The summed E-state index contributed by atoms with van der Waals surface area (Å²) in [5.41, 5.74) is 0.963. The summed E-state index contributed by atoms with van der Waals surface area (Å²) in [6, 6.07) is 0.418. The van der Waals surface area contributed by atoms with E-state index in [4.69, 9.17) is 4.74 Å². The summed E-state index contributed by atoms with van der Waals surface area (Å²) in [4.78, 5) is 15.2. The fourth-order valence-electron chi connectivity index (χ4n) is 1.87. The van der Waals surface area contributed by atoms with E-state index in [0.29, 0.717) is 11.2 Å². The van der Waals surface area contributed by atoms with Crippen molar-refractivity contribution in [3.8, 4) is 0 Å². The van der Waals surface area contributed by atoms with Crippen LogP contribution in [-0.2, 0) is 16.1 Å². The Balaban J connectivity index is 1.81. The summed E-state index contributed by atoms with van der Waals surface area (Å²) in [5.74, 6) is 0.664. The van der Waals surface area contributed by atoms with Gasteiger partial charge in [0.05, 0.1) is 12.3 Å². The lowest BCUT2D eigenvalue weighted by Gasteiger charge is -2.16. The minimum atomic E-state index is -0.0842. The standard InChI is InChI=1S/C12H19N3O2S/c1-8(16)14-12-15-10(7-18-12)5-13-11(6-17-2)9-3-4-9/h7,9,11,13H,3-6H2,1-2H3,(H,14,15,16). The van der Waals surface area contributed by atoms with Crippen LogP contribution in [0.15, 0.2) is 5.38 Å². The topological polar surface area (TPSA) is 63.2 Å². The van der Waals surface area contributed by atoms with Crippen LogP contribution in [0.4, 0.5) is 5.13 Å². The monoisotopic (exact) mass is 269 g/mol. The second-order valence-corrected chi connectivity index (χ2v) is 5.46. The fraction of sp³-hybridized carbons (Fsp3) is 0.667. The molecule has 1 aromatic heterocycles. The van der Waals surface area contributed by atoms with E-state index < -0.39 is 0 Å². The summed E-state index contributed by atoms with van der Waals surface area (Å²) in [5, 5.41) is 8.79. The zero-order valence-corrected chi connectivity index (χ0v) is 11.5. The number of hydrogen-bond donors (Lipinski definition) is 2. The van der Waals surface area contributed by atoms with Crippen LogP contribution in [0.3, 0.4) is 0 Å². The number of anilines is 1. The van der Waals surface area contributed by atoms with Crippen molar-refractivity contribution in [1.82, 2.24) is 10.3 Å². The molecule has 100 valence electrons. The number of amides is 1. The van der Waals surface area contributed by atoms with Crippen molar-refractivity contribution in [2.75, 3.05) is 19.0 Å². The summed E-state index contributed by atoms with van der Waals surface area (Å²) < 4.78 is 5.21. The molecule has 6 heteroatoms. The van der Waals surface area contributed by atoms with Gasteiger partial charge < -0.3 is 15.4 Å². The number of carbonyl (C=O) groups is 1. The lowest BCUT2D eigenvalue weighted by Crippen LogP contribution is -2.34. The molecule has 1 fully saturated rings. The molecule has 1 amide bonds. The molecule has 18 heavy (non-hydrogen) atoms. The quantitative estimate of drug-likeness (QED) is 0.789. The summed E-state index contributed by atoms with van der Waals surface area (Å²) in [6.07, 6.45) is 2.57. The SMILES string of the molecule is COCC(NCc1csc(NC(C)=O)n1)C1CC1. The minimum absolute atomic E-state index is 0.0842. The highest BCUT2D eigenvalue weighted by atomic mass is 32.1. The molecule has 1 aromatic rings. The zero-order chi connectivity index (χ0) is 13.0. The van der Waals surface area contributed by atoms with Crippen molar-refractivity contribution in [2.45, 2.75) is 32.4 Å². The van der Waals surface area contributed by atoms with Crippen LogP contribution in [-0.4, -0.2) is 30.6 Å². The van der Waals surface area contributed by atoms with Crippen molar-refractivity contribution in [1.29, 1.82) is 0 Å². The number of hydrogen-bond acceptors (Lipinski definition) is 5. The van der Waals surface area contributed by atoms with Crippen LogP contribution in [0.5, 0.6) is 0 Å². The second kappa shape index (κ2) is 6.26.